The van der Waals surface area contributed by atoms with E-state index in [-0.39, 0.29) is 24.2 Å². The van der Waals surface area contributed by atoms with E-state index in [1.165, 1.54) is 6.07 Å². The van der Waals surface area contributed by atoms with Gasteiger partial charge in [-0.2, -0.15) is 0 Å². The monoisotopic (exact) mass is 316 g/mol. The number of carbonyl (C=O) groups is 1. The SMILES string of the molecule is Cc1ccc(CNC(=O)N[C@@H](C)CCS(C)(=O)=O)cc1F. The summed E-state index contributed by atoms with van der Waals surface area (Å²) in [4.78, 5) is 11.6. The highest BCUT2D eigenvalue weighted by Crippen LogP contribution is 2.08. The average Bonchev–Trinajstić information content (AvgIpc) is 2.37. The molecule has 1 rings (SSSR count). The van der Waals surface area contributed by atoms with Crippen molar-refractivity contribution < 1.29 is 17.6 Å². The molecule has 0 bridgehead atoms. The molecule has 7 heteroatoms. The van der Waals surface area contributed by atoms with Gasteiger partial charge in [0.15, 0.2) is 0 Å². The molecule has 0 saturated carbocycles. The van der Waals surface area contributed by atoms with Gasteiger partial charge in [0.05, 0.1) is 5.75 Å². The maximum Gasteiger partial charge on any atom is 0.315 e. The number of urea groups is 1. The van der Waals surface area contributed by atoms with Crippen LogP contribution in [0.5, 0.6) is 0 Å². The van der Waals surface area contributed by atoms with Gasteiger partial charge >= 0.3 is 6.03 Å². The van der Waals surface area contributed by atoms with E-state index in [0.29, 0.717) is 17.5 Å². The Morgan fingerprint density at radius 2 is 2.05 bits per heavy atom. The van der Waals surface area contributed by atoms with E-state index in [0.717, 1.165) is 6.26 Å². The summed E-state index contributed by atoms with van der Waals surface area (Å²) >= 11 is 0. The molecule has 5 nitrogen and oxygen atoms in total. The van der Waals surface area contributed by atoms with Gasteiger partial charge in [-0.05, 0) is 37.5 Å². The topological polar surface area (TPSA) is 75.3 Å². The van der Waals surface area contributed by atoms with Crippen LogP contribution in [0.15, 0.2) is 18.2 Å². The van der Waals surface area contributed by atoms with Crippen LogP contribution in [0, 0.1) is 12.7 Å². The van der Waals surface area contributed by atoms with Crippen molar-refractivity contribution in [3.63, 3.8) is 0 Å². The Labute approximate surface area is 124 Å². The summed E-state index contributed by atoms with van der Waals surface area (Å²) < 4.78 is 35.4. The van der Waals surface area contributed by atoms with Crippen molar-refractivity contribution in [1.82, 2.24) is 10.6 Å². The minimum absolute atomic E-state index is 0.0254. The zero-order valence-electron chi connectivity index (χ0n) is 12.4. The molecule has 0 unspecified atom stereocenters. The molecule has 0 aliphatic carbocycles. The Morgan fingerprint density at radius 3 is 2.62 bits per heavy atom. The Morgan fingerprint density at radius 1 is 1.38 bits per heavy atom. The van der Waals surface area contributed by atoms with Crippen LogP contribution in [0.25, 0.3) is 0 Å². The molecule has 2 N–H and O–H groups in total. The first-order chi connectivity index (χ1) is 9.67. The lowest BCUT2D eigenvalue weighted by Gasteiger charge is -2.14. The van der Waals surface area contributed by atoms with Gasteiger partial charge < -0.3 is 10.6 Å². The van der Waals surface area contributed by atoms with Crippen molar-refractivity contribution >= 4 is 15.9 Å². The summed E-state index contributed by atoms with van der Waals surface area (Å²) in [7, 11) is -3.03. The number of aryl methyl sites for hydroxylation is 1. The van der Waals surface area contributed by atoms with Gasteiger partial charge in [-0.1, -0.05) is 12.1 Å². The molecule has 1 aromatic rings. The minimum Gasteiger partial charge on any atom is -0.336 e. The van der Waals surface area contributed by atoms with E-state index in [1.807, 2.05) is 0 Å². The molecule has 1 aromatic carbocycles. The summed E-state index contributed by atoms with van der Waals surface area (Å²) in [6.07, 6.45) is 1.51. The standard InChI is InChI=1S/C14H21FN2O3S/c1-10-4-5-12(8-13(10)15)9-16-14(18)17-11(2)6-7-21(3,19)20/h4-5,8,11H,6-7,9H2,1-3H3,(H2,16,17,18)/t11-/m0/s1. The molecule has 0 spiro atoms. The molecule has 1 atom stereocenters. The third kappa shape index (κ3) is 7.08. The van der Waals surface area contributed by atoms with E-state index in [2.05, 4.69) is 10.6 Å². The van der Waals surface area contributed by atoms with E-state index in [4.69, 9.17) is 0 Å². The number of nitrogens with one attached hydrogen (secondary N) is 2. The number of carbonyl (C=O) groups excluding carboxylic acids is 1. The first-order valence-electron chi connectivity index (χ1n) is 6.64. The third-order valence-electron chi connectivity index (χ3n) is 2.99. The lowest BCUT2D eigenvalue weighted by molar-refractivity contribution is 0.237. The summed E-state index contributed by atoms with van der Waals surface area (Å²) in [5.74, 6) is -0.284. The maximum absolute atomic E-state index is 13.3. The first-order valence-corrected chi connectivity index (χ1v) is 8.70. The fourth-order valence-electron chi connectivity index (χ4n) is 1.67. The minimum atomic E-state index is -3.03. The lowest BCUT2D eigenvalue weighted by atomic mass is 10.1. The molecule has 21 heavy (non-hydrogen) atoms. The fourth-order valence-corrected chi connectivity index (χ4v) is 2.45. The highest BCUT2D eigenvalue weighted by molar-refractivity contribution is 7.90. The molecule has 0 aliphatic rings. The maximum atomic E-state index is 13.3. The quantitative estimate of drug-likeness (QED) is 0.839. The number of halogens is 1. The van der Waals surface area contributed by atoms with Gasteiger partial charge in [-0.3, -0.25) is 0 Å². The zero-order chi connectivity index (χ0) is 16.0. The Bertz CT molecular complexity index is 602. The van der Waals surface area contributed by atoms with Crippen LogP contribution in [0.1, 0.15) is 24.5 Å². The van der Waals surface area contributed by atoms with Crippen molar-refractivity contribution in [2.75, 3.05) is 12.0 Å². The molecule has 0 aromatic heterocycles. The van der Waals surface area contributed by atoms with Crippen LogP contribution < -0.4 is 10.6 Å². The molecule has 0 radical (unpaired) electrons. The number of hydrogen-bond donors (Lipinski definition) is 2. The molecule has 0 heterocycles. The van der Waals surface area contributed by atoms with Crippen LogP contribution in [0.2, 0.25) is 0 Å². The predicted molar refractivity (Wildman–Crippen MR) is 80.3 cm³/mol. The molecule has 0 aliphatic heterocycles. The van der Waals surface area contributed by atoms with Gasteiger partial charge in [-0.15, -0.1) is 0 Å². The predicted octanol–water partition coefficient (Wildman–Crippen LogP) is 1.76. The van der Waals surface area contributed by atoms with E-state index < -0.39 is 15.9 Å². The number of amides is 2. The van der Waals surface area contributed by atoms with E-state index >= 15 is 0 Å². The Hall–Kier alpha value is -1.63. The molecular weight excluding hydrogens is 295 g/mol. The highest BCUT2D eigenvalue weighted by Gasteiger charge is 2.10. The van der Waals surface area contributed by atoms with Crippen molar-refractivity contribution in [3.05, 3.63) is 35.1 Å². The second-order valence-electron chi connectivity index (χ2n) is 5.23. The number of rotatable bonds is 6. The molecule has 0 saturated heterocycles. The summed E-state index contributed by atoms with van der Waals surface area (Å²) in [5, 5.41) is 5.25. The Balaban J connectivity index is 2.38. The average molecular weight is 316 g/mol. The van der Waals surface area contributed by atoms with Crippen molar-refractivity contribution in [2.45, 2.75) is 32.9 Å². The second kappa shape index (κ2) is 7.40. The van der Waals surface area contributed by atoms with Gasteiger partial charge in [0, 0.05) is 18.8 Å². The van der Waals surface area contributed by atoms with Crippen LogP contribution in [-0.2, 0) is 16.4 Å². The van der Waals surface area contributed by atoms with Crippen molar-refractivity contribution in [1.29, 1.82) is 0 Å². The lowest BCUT2D eigenvalue weighted by Crippen LogP contribution is -2.41. The van der Waals surface area contributed by atoms with Crippen molar-refractivity contribution in [2.24, 2.45) is 0 Å². The van der Waals surface area contributed by atoms with Crippen LogP contribution >= 0.6 is 0 Å². The normalized spacial score (nSPS) is 12.8. The fraction of sp³-hybridized carbons (Fsp3) is 0.500. The first kappa shape index (κ1) is 17.4. The summed E-state index contributed by atoms with van der Waals surface area (Å²) in [6, 6.07) is 4.11. The summed E-state index contributed by atoms with van der Waals surface area (Å²) in [5.41, 5.74) is 1.22. The van der Waals surface area contributed by atoms with E-state index in [1.54, 1.807) is 26.0 Å². The third-order valence-corrected chi connectivity index (χ3v) is 3.97. The van der Waals surface area contributed by atoms with Gasteiger partial charge in [0.2, 0.25) is 0 Å². The molecule has 118 valence electrons. The van der Waals surface area contributed by atoms with E-state index in [9.17, 15) is 17.6 Å². The van der Waals surface area contributed by atoms with Gasteiger partial charge in [0.25, 0.3) is 0 Å². The smallest absolute Gasteiger partial charge is 0.315 e. The van der Waals surface area contributed by atoms with Crippen molar-refractivity contribution in [3.8, 4) is 0 Å². The number of sulfone groups is 1. The Kier molecular flexibility index (Phi) is 6.14. The van der Waals surface area contributed by atoms with Crippen LogP contribution in [0.4, 0.5) is 9.18 Å². The summed E-state index contributed by atoms with van der Waals surface area (Å²) in [6.45, 7) is 3.61. The second-order valence-corrected chi connectivity index (χ2v) is 7.49. The number of benzene rings is 1. The molecule has 2 amide bonds. The molecule has 0 fully saturated rings. The zero-order valence-corrected chi connectivity index (χ0v) is 13.3. The van der Waals surface area contributed by atoms with Gasteiger partial charge in [-0.25, -0.2) is 17.6 Å². The largest absolute Gasteiger partial charge is 0.336 e. The highest BCUT2D eigenvalue weighted by atomic mass is 32.2. The van der Waals surface area contributed by atoms with Crippen LogP contribution in [-0.4, -0.2) is 32.5 Å². The van der Waals surface area contributed by atoms with Crippen LogP contribution in [0.3, 0.4) is 0 Å². The molecular formula is C14H21FN2O3S. The van der Waals surface area contributed by atoms with Gasteiger partial charge in [0.1, 0.15) is 15.7 Å². The number of hydrogen-bond acceptors (Lipinski definition) is 3.